The van der Waals surface area contributed by atoms with Gasteiger partial charge >= 0.3 is 0 Å². The number of aromatic nitrogens is 2. The maximum Gasteiger partial charge on any atom is 0.150 e. The highest BCUT2D eigenvalue weighted by Crippen LogP contribution is 2.26. The van der Waals surface area contributed by atoms with Crippen molar-refractivity contribution in [2.45, 2.75) is 13.5 Å². The number of nitrogens with two attached hydrogens (primary N) is 1. The van der Waals surface area contributed by atoms with Gasteiger partial charge in [0.05, 0.1) is 17.9 Å². The molecule has 0 aliphatic heterocycles. The van der Waals surface area contributed by atoms with E-state index in [9.17, 15) is 0 Å². The van der Waals surface area contributed by atoms with Crippen molar-refractivity contribution in [2.24, 2.45) is 7.05 Å². The van der Waals surface area contributed by atoms with E-state index in [-0.39, 0.29) is 0 Å². The molecule has 16 heavy (non-hydrogen) atoms. The van der Waals surface area contributed by atoms with E-state index >= 15 is 0 Å². The molecular formula is C11H16N4S. The third kappa shape index (κ3) is 1.90. The molecule has 0 aromatic carbocycles. The van der Waals surface area contributed by atoms with Gasteiger partial charge in [0.25, 0.3) is 0 Å². The van der Waals surface area contributed by atoms with Crippen molar-refractivity contribution in [3.8, 4) is 0 Å². The lowest BCUT2D eigenvalue weighted by atomic mass is 10.3. The molecule has 0 unspecified atom stereocenters. The van der Waals surface area contributed by atoms with E-state index in [4.69, 9.17) is 5.73 Å². The Hall–Kier alpha value is -1.49. The summed E-state index contributed by atoms with van der Waals surface area (Å²) in [7, 11) is 3.95. The fraction of sp³-hybridized carbons (Fsp3) is 0.364. The summed E-state index contributed by atoms with van der Waals surface area (Å²) in [6, 6.07) is 4.19. The van der Waals surface area contributed by atoms with Gasteiger partial charge in [-0.1, -0.05) is 6.07 Å². The summed E-state index contributed by atoms with van der Waals surface area (Å²) in [6.07, 6.45) is 0. The summed E-state index contributed by atoms with van der Waals surface area (Å²) in [5, 5.41) is 6.40. The predicted molar refractivity (Wildman–Crippen MR) is 68.8 cm³/mol. The predicted octanol–water partition coefficient (Wildman–Crippen LogP) is 2.01. The topological polar surface area (TPSA) is 47.1 Å². The standard InChI is InChI=1S/C11H16N4S/c1-8-10(12)11(15(3)13-8)14(2)7-9-5-4-6-16-9/h4-6H,7,12H2,1-3H3. The first-order chi connectivity index (χ1) is 7.59. The number of rotatable bonds is 3. The number of hydrogen-bond acceptors (Lipinski definition) is 4. The van der Waals surface area contributed by atoms with Crippen molar-refractivity contribution in [1.82, 2.24) is 9.78 Å². The maximum atomic E-state index is 6.01. The summed E-state index contributed by atoms with van der Waals surface area (Å²) in [5.74, 6) is 0.978. The van der Waals surface area contributed by atoms with E-state index in [0.717, 1.165) is 23.7 Å². The van der Waals surface area contributed by atoms with Gasteiger partial charge in [0.1, 0.15) is 5.82 Å². The highest BCUT2D eigenvalue weighted by atomic mass is 32.1. The van der Waals surface area contributed by atoms with Crippen LogP contribution < -0.4 is 10.6 Å². The van der Waals surface area contributed by atoms with Crippen molar-refractivity contribution >= 4 is 22.8 Å². The third-order valence-corrected chi connectivity index (χ3v) is 3.43. The summed E-state index contributed by atoms with van der Waals surface area (Å²) in [5.41, 5.74) is 7.66. The van der Waals surface area contributed by atoms with Crippen LogP contribution >= 0.6 is 11.3 Å². The molecule has 0 saturated heterocycles. The molecule has 2 N–H and O–H groups in total. The van der Waals surface area contributed by atoms with Crippen LogP contribution in [0.2, 0.25) is 0 Å². The minimum absolute atomic E-state index is 0.765. The third-order valence-electron chi connectivity index (χ3n) is 2.57. The molecule has 5 heteroatoms. The minimum atomic E-state index is 0.765. The SMILES string of the molecule is Cc1nn(C)c(N(C)Cc2cccs2)c1N. The van der Waals surface area contributed by atoms with E-state index in [0.29, 0.717) is 0 Å². The van der Waals surface area contributed by atoms with Gasteiger partial charge in [0.15, 0.2) is 0 Å². The van der Waals surface area contributed by atoms with Gasteiger partial charge in [-0.3, -0.25) is 4.68 Å². The zero-order valence-electron chi connectivity index (χ0n) is 9.77. The van der Waals surface area contributed by atoms with Gasteiger partial charge in [-0.05, 0) is 18.4 Å². The average molecular weight is 236 g/mol. The Balaban J connectivity index is 2.24. The number of thiophene rings is 1. The molecule has 4 nitrogen and oxygen atoms in total. The number of nitrogen functional groups attached to an aromatic ring is 1. The number of hydrogen-bond donors (Lipinski definition) is 1. The van der Waals surface area contributed by atoms with Crippen molar-refractivity contribution in [2.75, 3.05) is 17.7 Å². The maximum absolute atomic E-state index is 6.01. The molecule has 0 saturated carbocycles. The Labute approximate surface area is 99.3 Å². The lowest BCUT2D eigenvalue weighted by Crippen LogP contribution is -2.19. The Kier molecular flexibility index (Phi) is 2.87. The Morgan fingerprint density at radius 2 is 2.31 bits per heavy atom. The lowest BCUT2D eigenvalue weighted by Gasteiger charge is -2.19. The van der Waals surface area contributed by atoms with Crippen LogP contribution in [0.5, 0.6) is 0 Å². The largest absolute Gasteiger partial charge is 0.394 e. The van der Waals surface area contributed by atoms with E-state index in [1.165, 1.54) is 4.88 Å². The van der Waals surface area contributed by atoms with E-state index in [1.54, 1.807) is 11.3 Å². The first-order valence-corrected chi connectivity index (χ1v) is 6.00. The van der Waals surface area contributed by atoms with Gasteiger partial charge in [-0.15, -0.1) is 11.3 Å². The van der Waals surface area contributed by atoms with Crippen molar-refractivity contribution in [3.05, 3.63) is 28.1 Å². The second-order valence-electron chi connectivity index (χ2n) is 3.88. The number of anilines is 2. The normalized spacial score (nSPS) is 10.7. The quantitative estimate of drug-likeness (QED) is 0.886. The molecule has 0 radical (unpaired) electrons. The summed E-state index contributed by atoms with van der Waals surface area (Å²) >= 11 is 1.75. The van der Waals surface area contributed by atoms with Crippen molar-refractivity contribution in [1.29, 1.82) is 0 Å². The number of aryl methyl sites for hydroxylation is 2. The molecule has 0 amide bonds. The second-order valence-corrected chi connectivity index (χ2v) is 4.91. The Morgan fingerprint density at radius 3 is 2.81 bits per heavy atom. The molecule has 0 fully saturated rings. The van der Waals surface area contributed by atoms with Gasteiger partial charge in [0, 0.05) is 19.0 Å². The summed E-state index contributed by atoms with van der Waals surface area (Å²) in [4.78, 5) is 3.45. The molecule has 2 aromatic rings. The van der Waals surface area contributed by atoms with Crippen LogP contribution in [-0.4, -0.2) is 16.8 Å². The van der Waals surface area contributed by atoms with E-state index in [1.807, 2.05) is 25.7 Å². The molecule has 2 heterocycles. The van der Waals surface area contributed by atoms with Crippen LogP contribution in [0.25, 0.3) is 0 Å². The zero-order valence-corrected chi connectivity index (χ0v) is 10.6. The summed E-state index contributed by atoms with van der Waals surface area (Å²) < 4.78 is 1.83. The minimum Gasteiger partial charge on any atom is -0.394 e. The second kappa shape index (κ2) is 4.17. The monoisotopic (exact) mass is 236 g/mol. The zero-order chi connectivity index (χ0) is 11.7. The van der Waals surface area contributed by atoms with Crippen LogP contribution in [0.4, 0.5) is 11.5 Å². The Bertz CT molecular complexity index is 472. The molecule has 86 valence electrons. The van der Waals surface area contributed by atoms with E-state index in [2.05, 4.69) is 27.5 Å². The molecule has 2 aromatic heterocycles. The van der Waals surface area contributed by atoms with Crippen LogP contribution in [-0.2, 0) is 13.6 Å². The molecule has 0 aliphatic rings. The van der Waals surface area contributed by atoms with Crippen LogP contribution in [0.15, 0.2) is 17.5 Å². The van der Waals surface area contributed by atoms with Gasteiger partial charge < -0.3 is 10.6 Å². The Morgan fingerprint density at radius 1 is 1.56 bits per heavy atom. The van der Waals surface area contributed by atoms with Crippen LogP contribution in [0.3, 0.4) is 0 Å². The fourth-order valence-electron chi connectivity index (χ4n) is 1.83. The van der Waals surface area contributed by atoms with E-state index < -0.39 is 0 Å². The highest BCUT2D eigenvalue weighted by molar-refractivity contribution is 7.09. The molecular weight excluding hydrogens is 220 g/mol. The molecule has 0 aliphatic carbocycles. The lowest BCUT2D eigenvalue weighted by molar-refractivity contribution is 0.729. The smallest absolute Gasteiger partial charge is 0.150 e. The first kappa shape index (κ1) is 11.0. The molecule has 0 atom stereocenters. The van der Waals surface area contributed by atoms with Crippen LogP contribution in [0, 0.1) is 6.92 Å². The van der Waals surface area contributed by atoms with Crippen LogP contribution in [0.1, 0.15) is 10.6 Å². The molecule has 2 rings (SSSR count). The highest BCUT2D eigenvalue weighted by Gasteiger charge is 2.14. The van der Waals surface area contributed by atoms with Gasteiger partial charge in [0.2, 0.25) is 0 Å². The number of nitrogens with zero attached hydrogens (tertiary/aromatic N) is 3. The van der Waals surface area contributed by atoms with Gasteiger partial charge in [-0.2, -0.15) is 5.10 Å². The molecule has 0 bridgehead atoms. The fourth-order valence-corrected chi connectivity index (χ4v) is 2.58. The average Bonchev–Trinajstić information content (AvgIpc) is 2.77. The van der Waals surface area contributed by atoms with Crippen molar-refractivity contribution in [3.63, 3.8) is 0 Å². The first-order valence-electron chi connectivity index (χ1n) is 5.12. The van der Waals surface area contributed by atoms with Crippen molar-refractivity contribution < 1.29 is 0 Å². The molecule has 0 spiro atoms. The summed E-state index contributed by atoms with van der Waals surface area (Å²) in [6.45, 7) is 2.79. The van der Waals surface area contributed by atoms with Gasteiger partial charge in [-0.25, -0.2) is 0 Å².